The Bertz CT molecular complexity index is 1410. The maximum atomic E-state index is 14.0. The molecule has 2 amide bonds. The van der Waals surface area contributed by atoms with E-state index in [1.165, 1.54) is 18.9 Å². The van der Waals surface area contributed by atoms with Crippen LogP contribution in [-0.4, -0.2) is 57.3 Å². The largest absolute Gasteiger partial charge is 0.454 e. The van der Waals surface area contributed by atoms with Crippen LogP contribution in [0.2, 0.25) is 0 Å². The summed E-state index contributed by atoms with van der Waals surface area (Å²) >= 11 is 0. The Morgan fingerprint density at radius 1 is 0.949 bits per heavy atom. The fraction of sp³-hybridized carbons (Fsp3) is 0.310. The van der Waals surface area contributed by atoms with Crippen LogP contribution in [0.3, 0.4) is 0 Å². The van der Waals surface area contributed by atoms with Crippen LogP contribution in [0.4, 0.5) is 5.69 Å². The molecule has 1 N–H and O–H groups in total. The number of carbonyl (C=O) groups is 2. The van der Waals surface area contributed by atoms with Crippen molar-refractivity contribution in [3.8, 4) is 11.5 Å². The number of aryl methyl sites for hydroxylation is 1. The van der Waals surface area contributed by atoms with Gasteiger partial charge in [-0.25, -0.2) is 8.42 Å². The first-order chi connectivity index (χ1) is 18.7. The zero-order valence-electron chi connectivity index (χ0n) is 22.3. The van der Waals surface area contributed by atoms with Crippen LogP contribution >= 0.6 is 0 Å². The summed E-state index contributed by atoms with van der Waals surface area (Å²) in [5.41, 5.74) is 3.04. The van der Waals surface area contributed by atoms with Crippen molar-refractivity contribution >= 4 is 27.5 Å². The number of amides is 2. The van der Waals surface area contributed by atoms with Gasteiger partial charge in [0.05, 0.1) is 11.4 Å². The second kappa shape index (κ2) is 12.2. The predicted molar refractivity (Wildman–Crippen MR) is 149 cm³/mol. The molecular formula is C29H33N3O6S. The molecule has 0 aliphatic carbocycles. The second-order valence-electron chi connectivity index (χ2n) is 9.27. The second-order valence-corrected chi connectivity index (χ2v) is 11.5. The SMILES string of the molecule is CCS(=O)(=O)N(CC(=O)N(Cc1ccc(C)cc1)C(Cc1ccccc1)C(=O)NC)c1ccc2c(c1)OCO2. The zero-order chi connectivity index (χ0) is 28.0. The van der Waals surface area contributed by atoms with Gasteiger partial charge >= 0.3 is 0 Å². The molecule has 0 fully saturated rings. The average molecular weight is 552 g/mol. The summed E-state index contributed by atoms with van der Waals surface area (Å²) in [7, 11) is -2.34. The van der Waals surface area contributed by atoms with Crippen molar-refractivity contribution in [2.24, 2.45) is 0 Å². The summed E-state index contributed by atoms with van der Waals surface area (Å²) in [4.78, 5) is 28.7. The van der Waals surface area contributed by atoms with E-state index in [9.17, 15) is 18.0 Å². The Labute approximate surface area is 229 Å². The van der Waals surface area contributed by atoms with Crippen molar-refractivity contribution in [2.75, 3.05) is 30.4 Å². The van der Waals surface area contributed by atoms with Gasteiger partial charge in [0.1, 0.15) is 12.6 Å². The highest BCUT2D eigenvalue weighted by atomic mass is 32.2. The van der Waals surface area contributed by atoms with Crippen LogP contribution in [0, 0.1) is 6.92 Å². The highest BCUT2D eigenvalue weighted by Gasteiger charge is 2.33. The standard InChI is InChI=1S/C29H33N3O6S/c1-4-39(35,36)32(24-14-15-26-27(17-24)38-20-37-26)19-28(33)31(18-23-12-10-21(2)11-13-23)25(29(34)30-3)16-22-8-6-5-7-9-22/h5-15,17,25H,4,16,18-20H2,1-3H3,(H,30,34). The topological polar surface area (TPSA) is 105 Å². The molecule has 3 aromatic rings. The molecule has 0 spiro atoms. The van der Waals surface area contributed by atoms with Crippen LogP contribution in [-0.2, 0) is 32.6 Å². The molecule has 1 heterocycles. The molecule has 3 aromatic carbocycles. The quantitative estimate of drug-likeness (QED) is 0.392. The van der Waals surface area contributed by atoms with Gasteiger partial charge in [-0.15, -0.1) is 0 Å². The Kier molecular flexibility index (Phi) is 8.75. The van der Waals surface area contributed by atoms with Crippen LogP contribution < -0.4 is 19.1 Å². The molecule has 206 valence electrons. The number of anilines is 1. The number of sulfonamides is 1. The number of ether oxygens (including phenoxy) is 2. The first-order valence-electron chi connectivity index (χ1n) is 12.7. The minimum Gasteiger partial charge on any atom is -0.454 e. The van der Waals surface area contributed by atoms with Crippen molar-refractivity contribution in [3.63, 3.8) is 0 Å². The molecular weight excluding hydrogens is 518 g/mol. The minimum absolute atomic E-state index is 0.0376. The van der Waals surface area contributed by atoms with Crippen molar-refractivity contribution in [1.82, 2.24) is 10.2 Å². The fourth-order valence-corrected chi connectivity index (χ4v) is 5.42. The van der Waals surface area contributed by atoms with Crippen molar-refractivity contribution in [2.45, 2.75) is 32.9 Å². The minimum atomic E-state index is -3.86. The highest BCUT2D eigenvalue weighted by molar-refractivity contribution is 7.92. The number of fused-ring (bicyclic) bond motifs is 1. The molecule has 4 rings (SSSR count). The van der Waals surface area contributed by atoms with Gasteiger partial charge in [-0.2, -0.15) is 0 Å². The molecule has 0 saturated heterocycles. The lowest BCUT2D eigenvalue weighted by molar-refractivity contribution is -0.139. The van der Waals surface area contributed by atoms with E-state index in [0.717, 1.165) is 21.0 Å². The predicted octanol–water partition coefficient (Wildman–Crippen LogP) is 3.27. The van der Waals surface area contributed by atoms with Crippen LogP contribution in [0.1, 0.15) is 23.6 Å². The first-order valence-corrected chi connectivity index (χ1v) is 14.3. The van der Waals surface area contributed by atoms with Crippen LogP contribution in [0.25, 0.3) is 0 Å². The Balaban J connectivity index is 1.72. The number of hydrogen-bond donors (Lipinski definition) is 1. The molecule has 0 saturated carbocycles. The first kappa shape index (κ1) is 28.0. The van der Waals surface area contributed by atoms with Crippen LogP contribution in [0.15, 0.2) is 72.8 Å². The summed E-state index contributed by atoms with van der Waals surface area (Å²) in [6, 6.07) is 21.0. The van der Waals surface area contributed by atoms with Crippen LogP contribution in [0.5, 0.6) is 11.5 Å². The van der Waals surface area contributed by atoms with Gasteiger partial charge in [-0.3, -0.25) is 13.9 Å². The lowest BCUT2D eigenvalue weighted by Gasteiger charge is -2.33. The van der Waals surface area contributed by atoms with E-state index < -0.39 is 28.5 Å². The number of likely N-dealkylation sites (N-methyl/N-ethyl adjacent to an activating group) is 1. The zero-order valence-corrected chi connectivity index (χ0v) is 23.1. The third-order valence-electron chi connectivity index (χ3n) is 6.61. The number of carbonyl (C=O) groups excluding carboxylic acids is 2. The van der Waals surface area contributed by atoms with Gasteiger partial charge in [0.25, 0.3) is 0 Å². The number of nitrogens with one attached hydrogen (secondary N) is 1. The third-order valence-corrected chi connectivity index (χ3v) is 8.36. The molecule has 0 aromatic heterocycles. The van der Waals surface area contributed by atoms with Gasteiger partial charge in [-0.1, -0.05) is 60.2 Å². The van der Waals surface area contributed by atoms with Gasteiger partial charge < -0.3 is 19.7 Å². The third kappa shape index (κ3) is 6.69. The van der Waals surface area contributed by atoms with E-state index in [0.29, 0.717) is 11.5 Å². The summed E-state index contributed by atoms with van der Waals surface area (Å²) in [6.07, 6.45) is 0.267. The number of nitrogens with zero attached hydrogens (tertiary/aromatic N) is 2. The Morgan fingerprint density at radius 2 is 1.64 bits per heavy atom. The maximum absolute atomic E-state index is 14.0. The molecule has 0 bridgehead atoms. The Hall–Kier alpha value is -4.05. The molecule has 1 atom stereocenters. The van der Waals surface area contributed by atoms with E-state index >= 15 is 0 Å². The molecule has 1 aliphatic rings. The summed E-state index contributed by atoms with van der Waals surface area (Å²) in [5.74, 6) is -0.153. The number of hydrogen-bond acceptors (Lipinski definition) is 6. The summed E-state index contributed by atoms with van der Waals surface area (Å²) in [6.45, 7) is 3.17. The molecule has 10 heteroatoms. The smallest absolute Gasteiger partial charge is 0.244 e. The molecule has 0 radical (unpaired) electrons. The normalized spacial score (nSPS) is 13.0. The fourth-order valence-electron chi connectivity index (χ4n) is 4.37. The van der Waals surface area contributed by atoms with Crippen molar-refractivity contribution < 1.29 is 27.5 Å². The Morgan fingerprint density at radius 3 is 2.31 bits per heavy atom. The molecule has 1 unspecified atom stereocenters. The number of benzene rings is 3. The lowest BCUT2D eigenvalue weighted by Crippen LogP contribution is -2.53. The lowest BCUT2D eigenvalue weighted by atomic mass is 10.0. The van der Waals surface area contributed by atoms with Crippen molar-refractivity contribution in [1.29, 1.82) is 0 Å². The van der Waals surface area contributed by atoms with Gasteiger partial charge in [0.2, 0.25) is 28.6 Å². The molecule has 1 aliphatic heterocycles. The number of rotatable bonds is 11. The highest BCUT2D eigenvalue weighted by Crippen LogP contribution is 2.36. The van der Waals surface area contributed by atoms with E-state index in [2.05, 4.69) is 5.32 Å². The van der Waals surface area contributed by atoms with Gasteiger partial charge in [0, 0.05) is 26.1 Å². The molecule has 39 heavy (non-hydrogen) atoms. The van der Waals surface area contributed by atoms with E-state index in [1.807, 2.05) is 61.5 Å². The van der Waals surface area contributed by atoms with E-state index in [1.54, 1.807) is 18.2 Å². The summed E-state index contributed by atoms with van der Waals surface area (Å²) in [5, 5.41) is 2.68. The van der Waals surface area contributed by atoms with E-state index in [-0.39, 0.29) is 37.1 Å². The monoisotopic (exact) mass is 551 g/mol. The maximum Gasteiger partial charge on any atom is 0.244 e. The van der Waals surface area contributed by atoms with Gasteiger partial charge in [-0.05, 0) is 37.1 Å². The summed E-state index contributed by atoms with van der Waals surface area (Å²) < 4.78 is 38.3. The molecule has 9 nitrogen and oxygen atoms in total. The van der Waals surface area contributed by atoms with E-state index in [4.69, 9.17) is 9.47 Å². The van der Waals surface area contributed by atoms with Crippen molar-refractivity contribution in [3.05, 3.63) is 89.5 Å². The average Bonchev–Trinajstić information content (AvgIpc) is 3.42. The van der Waals surface area contributed by atoms with Gasteiger partial charge in [0.15, 0.2) is 11.5 Å².